The fourth-order valence-corrected chi connectivity index (χ4v) is 5.84. The highest BCUT2D eigenvalue weighted by molar-refractivity contribution is 14.0. The monoisotopic (exact) mass is 539 g/mol. The Morgan fingerprint density at radius 2 is 1.90 bits per heavy atom. The van der Waals surface area contributed by atoms with E-state index in [9.17, 15) is 0 Å². The number of aliphatic imine (C=N–C) groups is 1. The van der Waals surface area contributed by atoms with Gasteiger partial charge in [0.15, 0.2) is 5.96 Å². The molecule has 2 aliphatic heterocycles. The Balaban J connectivity index is 0.00000300. The number of thioether (sulfide) groups is 1. The van der Waals surface area contributed by atoms with Gasteiger partial charge in [-0.15, -0.1) is 24.0 Å². The van der Waals surface area contributed by atoms with Crippen LogP contribution in [0.25, 0.3) is 0 Å². The summed E-state index contributed by atoms with van der Waals surface area (Å²) < 4.78 is 5.98. The molecule has 3 aliphatic rings. The number of nitrogens with one attached hydrogen (secondary N) is 2. The fourth-order valence-electron chi connectivity index (χ4n) is 4.94. The van der Waals surface area contributed by atoms with E-state index in [0.717, 1.165) is 45.3 Å². The molecular weight excluding hydrogens is 497 g/mol. The van der Waals surface area contributed by atoms with Crippen LogP contribution in [-0.4, -0.2) is 98.4 Å². The lowest BCUT2D eigenvalue weighted by atomic mass is 9.94. The van der Waals surface area contributed by atoms with Crippen molar-refractivity contribution in [2.75, 3.05) is 71.0 Å². The molecule has 3 rings (SSSR count). The minimum Gasteiger partial charge on any atom is -0.374 e. The highest BCUT2D eigenvalue weighted by atomic mass is 127. The Morgan fingerprint density at radius 3 is 2.55 bits per heavy atom. The van der Waals surface area contributed by atoms with Gasteiger partial charge in [-0.1, -0.05) is 26.7 Å². The SMILES string of the molecule is CN=C(NCC1CN(CC(C)C)CCO1)NCC1(N2CCSCC2)CCCC1.I. The highest BCUT2D eigenvalue weighted by Gasteiger charge is 2.40. The summed E-state index contributed by atoms with van der Waals surface area (Å²) in [6.45, 7) is 12.9. The molecule has 1 atom stereocenters. The first-order valence-electron chi connectivity index (χ1n) is 11.2. The van der Waals surface area contributed by atoms with Gasteiger partial charge >= 0.3 is 0 Å². The molecule has 2 N–H and O–H groups in total. The van der Waals surface area contributed by atoms with Crippen LogP contribution in [0.15, 0.2) is 4.99 Å². The molecule has 29 heavy (non-hydrogen) atoms. The number of morpholine rings is 1. The van der Waals surface area contributed by atoms with E-state index in [2.05, 4.69) is 51.0 Å². The molecule has 170 valence electrons. The van der Waals surface area contributed by atoms with Crippen molar-refractivity contribution in [3.63, 3.8) is 0 Å². The van der Waals surface area contributed by atoms with Crippen LogP contribution in [0.1, 0.15) is 39.5 Å². The summed E-state index contributed by atoms with van der Waals surface area (Å²) >= 11 is 2.10. The molecule has 0 radical (unpaired) electrons. The molecule has 8 heteroatoms. The van der Waals surface area contributed by atoms with Crippen molar-refractivity contribution in [3.05, 3.63) is 0 Å². The average Bonchev–Trinajstić information content (AvgIpc) is 3.19. The van der Waals surface area contributed by atoms with Gasteiger partial charge in [0.2, 0.25) is 0 Å². The predicted molar refractivity (Wildman–Crippen MR) is 136 cm³/mol. The van der Waals surface area contributed by atoms with Crippen LogP contribution < -0.4 is 10.6 Å². The average molecular weight is 540 g/mol. The van der Waals surface area contributed by atoms with Crippen LogP contribution in [0.3, 0.4) is 0 Å². The van der Waals surface area contributed by atoms with Gasteiger partial charge in [0.25, 0.3) is 0 Å². The minimum atomic E-state index is 0. The Morgan fingerprint density at radius 1 is 1.17 bits per heavy atom. The molecule has 2 heterocycles. The lowest BCUT2D eigenvalue weighted by Gasteiger charge is -2.43. The first-order valence-corrected chi connectivity index (χ1v) is 12.4. The maximum atomic E-state index is 5.98. The summed E-state index contributed by atoms with van der Waals surface area (Å²) in [5, 5.41) is 7.18. The zero-order valence-electron chi connectivity index (χ0n) is 18.6. The second-order valence-electron chi connectivity index (χ2n) is 8.98. The lowest BCUT2D eigenvalue weighted by Crippen LogP contribution is -2.58. The van der Waals surface area contributed by atoms with Crippen molar-refractivity contribution >= 4 is 41.7 Å². The van der Waals surface area contributed by atoms with Crippen LogP contribution in [0.5, 0.6) is 0 Å². The Kier molecular flexibility index (Phi) is 11.4. The Labute approximate surface area is 199 Å². The van der Waals surface area contributed by atoms with E-state index in [1.165, 1.54) is 50.3 Å². The number of guanidine groups is 1. The van der Waals surface area contributed by atoms with Crippen LogP contribution in [0.4, 0.5) is 0 Å². The summed E-state index contributed by atoms with van der Waals surface area (Å²) in [6, 6.07) is 0. The lowest BCUT2D eigenvalue weighted by molar-refractivity contribution is -0.0284. The second kappa shape index (κ2) is 12.9. The third-order valence-corrected chi connectivity index (χ3v) is 7.31. The number of ether oxygens (including phenoxy) is 1. The van der Waals surface area contributed by atoms with Gasteiger partial charge < -0.3 is 15.4 Å². The first-order chi connectivity index (χ1) is 13.6. The quantitative estimate of drug-likeness (QED) is 0.295. The summed E-state index contributed by atoms with van der Waals surface area (Å²) in [4.78, 5) is 9.76. The highest BCUT2D eigenvalue weighted by Crippen LogP contribution is 2.36. The van der Waals surface area contributed by atoms with E-state index in [0.29, 0.717) is 11.5 Å². The zero-order valence-corrected chi connectivity index (χ0v) is 21.8. The molecular formula is C21H42IN5OS. The van der Waals surface area contributed by atoms with Gasteiger partial charge in [0, 0.05) is 69.9 Å². The van der Waals surface area contributed by atoms with Crippen LogP contribution in [-0.2, 0) is 4.74 Å². The zero-order chi connectivity index (χ0) is 19.8. The minimum absolute atomic E-state index is 0. The Hall–Kier alpha value is 0.230. The van der Waals surface area contributed by atoms with Crippen molar-refractivity contribution < 1.29 is 4.74 Å². The van der Waals surface area contributed by atoms with Crippen molar-refractivity contribution in [3.8, 4) is 0 Å². The van der Waals surface area contributed by atoms with E-state index in [4.69, 9.17) is 4.74 Å². The number of hydrogen-bond donors (Lipinski definition) is 2. The number of hydrogen-bond acceptors (Lipinski definition) is 5. The molecule has 1 aliphatic carbocycles. The fraction of sp³-hybridized carbons (Fsp3) is 0.952. The summed E-state index contributed by atoms with van der Waals surface area (Å²) in [5.74, 6) is 4.18. The molecule has 1 saturated carbocycles. The van der Waals surface area contributed by atoms with Crippen molar-refractivity contribution in [2.45, 2.75) is 51.2 Å². The van der Waals surface area contributed by atoms with E-state index >= 15 is 0 Å². The molecule has 3 fully saturated rings. The van der Waals surface area contributed by atoms with E-state index in [-0.39, 0.29) is 30.1 Å². The van der Waals surface area contributed by atoms with Crippen LogP contribution in [0, 0.1) is 5.92 Å². The normalized spacial score (nSPS) is 26.3. The molecule has 6 nitrogen and oxygen atoms in total. The third kappa shape index (κ3) is 7.70. The summed E-state index contributed by atoms with van der Waals surface area (Å²) in [6.07, 6.45) is 5.60. The molecule has 0 aromatic rings. The van der Waals surface area contributed by atoms with Crippen molar-refractivity contribution in [1.82, 2.24) is 20.4 Å². The molecule has 2 saturated heterocycles. The van der Waals surface area contributed by atoms with Gasteiger partial charge in [-0.2, -0.15) is 11.8 Å². The van der Waals surface area contributed by atoms with Crippen LogP contribution >= 0.6 is 35.7 Å². The van der Waals surface area contributed by atoms with Gasteiger partial charge in [-0.25, -0.2) is 0 Å². The third-order valence-electron chi connectivity index (χ3n) is 6.37. The molecule has 0 spiro atoms. The van der Waals surface area contributed by atoms with Crippen molar-refractivity contribution in [1.29, 1.82) is 0 Å². The molecule has 0 bridgehead atoms. The van der Waals surface area contributed by atoms with E-state index < -0.39 is 0 Å². The van der Waals surface area contributed by atoms with Crippen molar-refractivity contribution in [2.24, 2.45) is 10.9 Å². The summed E-state index contributed by atoms with van der Waals surface area (Å²) in [5.41, 5.74) is 0.327. The van der Waals surface area contributed by atoms with E-state index in [1.54, 1.807) is 0 Å². The molecule has 0 amide bonds. The number of nitrogens with zero attached hydrogens (tertiary/aromatic N) is 3. The molecule has 0 aromatic carbocycles. The smallest absolute Gasteiger partial charge is 0.191 e. The maximum Gasteiger partial charge on any atom is 0.191 e. The first kappa shape index (κ1) is 25.5. The van der Waals surface area contributed by atoms with Gasteiger partial charge in [-0.3, -0.25) is 14.8 Å². The van der Waals surface area contributed by atoms with E-state index in [1.807, 2.05) is 7.05 Å². The standard InChI is InChI=1S/C21H41N5OS.HI/c1-18(2)15-25-8-11-27-19(16-25)14-23-20(22-3)24-17-21(6-4-5-7-21)26-9-12-28-13-10-26;/h18-19H,4-17H2,1-3H3,(H2,22,23,24);1H. The van der Waals surface area contributed by atoms with Gasteiger partial charge in [0.05, 0.1) is 12.7 Å². The number of rotatable bonds is 7. The van der Waals surface area contributed by atoms with Gasteiger partial charge in [-0.05, 0) is 18.8 Å². The topological polar surface area (TPSA) is 52.1 Å². The summed E-state index contributed by atoms with van der Waals surface area (Å²) in [7, 11) is 1.88. The second-order valence-corrected chi connectivity index (χ2v) is 10.2. The maximum absolute atomic E-state index is 5.98. The van der Waals surface area contributed by atoms with Gasteiger partial charge in [0.1, 0.15) is 0 Å². The van der Waals surface area contributed by atoms with Crippen LogP contribution in [0.2, 0.25) is 0 Å². The molecule has 0 aromatic heterocycles. The molecule has 1 unspecified atom stereocenters. The largest absolute Gasteiger partial charge is 0.374 e. The Bertz CT molecular complexity index is 495. The predicted octanol–water partition coefficient (Wildman–Crippen LogP) is 2.49. The number of halogens is 1.